The minimum atomic E-state index is -0.617. The molecule has 0 spiro atoms. The summed E-state index contributed by atoms with van der Waals surface area (Å²) in [5.74, 6) is 0.0573. The second-order valence-corrected chi connectivity index (χ2v) is 6.96. The van der Waals surface area contributed by atoms with Gasteiger partial charge in [-0.15, -0.1) is 11.3 Å². The Hall–Kier alpha value is -1.96. The molecule has 0 bridgehead atoms. The molecule has 1 unspecified atom stereocenters. The summed E-state index contributed by atoms with van der Waals surface area (Å²) < 4.78 is 0. The van der Waals surface area contributed by atoms with Crippen molar-refractivity contribution >= 4 is 29.1 Å². The van der Waals surface area contributed by atoms with Gasteiger partial charge in [-0.05, 0) is 13.3 Å². The van der Waals surface area contributed by atoms with Crippen molar-refractivity contribution in [2.45, 2.75) is 52.6 Å². The Bertz CT molecular complexity index is 586. The maximum absolute atomic E-state index is 12.3. The van der Waals surface area contributed by atoms with Gasteiger partial charge in [-0.3, -0.25) is 9.59 Å². The number of ketones is 1. The first-order valence-corrected chi connectivity index (χ1v) is 8.79. The highest BCUT2D eigenvalue weighted by Gasteiger charge is 2.20. The topological polar surface area (TPSA) is 91.4 Å². The van der Waals surface area contributed by atoms with E-state index in [1.165, 1.54) is 18.7 Å². The number of aromatic nitrogens is 1. The SMILES string of the molecule is CC(=O)NCCC(NC(=O)N(C)Cc1csc(C(C)C)n1)C(C)=O. The standard InChI is InChI=1S/C16H26N4O3S/c1-10(2)15-18-13(9-24-15)8-20(5)16(23)19-14(11(3)21)6-7-17-12(4)22/h9-10,14H,6-8H2,1-5H3,(H,17,22)(H,19,23). The fourth-order valence-corrected chi connectivity index (χ4v) is 2.83. The molecule has 8 heteroatoms. The van der Waals surface area contributed by atoms with Crippen LogP contribution in [0.5, 0.6) is 0 Å². The molecular weight excluding hydrogens is 328 g/mol. The highest BCUT2D eigenvalue weighted by molar-refractivity contribution is 7.09. The zero-order valence-electron chi connectivity index (χ0n) is 14.9. The van der Waals surface area contributed by atoms with E-state index in [1.54, 1.807) is 18.4 Å². The van der Waals surface area contributed by atoms with Crippen molar-refractivity contribution < 1.29 is 14.4 Å². The van der Waals surface area contributed by atoms with Crippen molar-refractivity contribution in [3.8, 4) is 0 Å². The predicted molar refractivity (Wildman–Crippen MR) is 94.0 cm³/mol. The normalized spacial score (nSPS) is 11.9. The number of urea groups is 1. The van der Waals surface area contributed by atoms with E-state index >= 15 is 0 Å². The molecule has 1 rings (SSSR count). The van der Waals surface area contributed by atoms with Gasteiger partial charge in [-0.1, -0.05) is 13.8 Å². The van der Waals surface area contributed by atoms with Gasteiger partial charge in [0.2, 0.25) is 5.91 Å². The Kier molecular flexibility index (Phi) is 7.84. The smallest absolute Gasteiger partial charge is 0.318 e. The van der Waals surface area contributed by atoms with Gasteiger partial charge < -0.3 is 15.5 Å². The summed E-state index contributed by atoms with van der Waals surface area (Å²) >= 11 is 1.58. The van der Waals surface area contributed by atoms with E-state index in [0.717, 1.165) is 10.7 Å². The van der Waals surface area contributed by atoms with Crippen LogP contribution in [0.25, 0.3) is 0 Å². The molecule has 0 aliphatic carbocycles. The summed E-state index contributed by atoms with van der Waals surface area (Å²) in [5.41, 5.74) is 0.832. The molecule has 0 saturated heterocycles. The van der Waals surface area contributed by atoms with Crippen molar-refractivity contribution in [2.24, 2.45) is 0 Å². The number of nitrogens with zero attached hydrogens (tertiary/aromatic N) is 2. The number of carbonyl (C=O) groups excluding carboxylic acids is 3. The van der Waals surface area contributed by atoms with E-state index in [1.807, 2.05) is 5.38 Å². The molecule has 1 aromatic heterocycles. The molecule has 0 aromatic carbocycles. The van der Waals surface area contributed by atoms with Gasteiger partial charge in [0.25, 0.3) is 0 Å². The minimum Gasteiger partial charge on any atom is -0.356 e. The Morgan fingerprint density at radius 2 is 1.96 bits per heavy atom. The summed E-state index contributed by atoms with van der Waals surface area (Å²) in [5, 5.41) is 8.30. The molecule has 0 fully saturated rings. The molecule has 24 heavy (non-hydrogen) atoms. The molecular formula is C16H26N4O3S. The molecule has 1 aromatic rings. The van der Waals surface area contributed by atoms with Gasteiger partial charge in [0.15, 0.2) is 5.78 Å². The van der Waals surface area contributed by atoms with E-state index in [0.29, 0.717) is 25.4 Å². The van der Waals surface area contributed by atoms with Crippen LogP contribution in [0.1, 0.15) is 50.7 Å². The number of hydrogen-bond donors (Lipinski definition) is 2. The van der Waals surface area contributed by atoms with Crippen molar-refractivity contribution in [3.63, 3.8) is 0 Å². The molecule has 0 saturated carbocycles. The van der Waals surface area contributed by atoms with Crippen LogP contribution in [-0.2, 0) is 16.1 Å². The van der Waals surface area contributed by atoms with Crippen LogP contribution in [0.15, 0.2) is 5.38 Å². The average Bonchev–Trinajstić information content (AvgIpc) is 2.94. The first-order chi connectivity index (χ1) is 11.2. The van der Waals surface area contributed by atoms with Gasteiger partial charge in [-0.2, -0.15) is 0 Å². The largest absolute Gasteiger partial charge is 0.356 e. The number of amides is 3. The fourth-order valence-electron chi connectivity index (χ4n) is 2.00. The number of thiazole rings is 1. The van der Waals surface area contributed by atoms with Gasteiger partial charge in [0, 0.05) is 31.8 Å². The van der Waals surface area contributed by atoms with E-state index < -0.39 is 6.04 Å². The molecule has 0 aliphatic heterocycles. The summed E-state index contributed by atoms with van der Waals surface area (Å²) in [4.78, 5) is 40.8. The molecule has 7 nitrogen and oxygen atoms in total. The van der Waals surface area contributed by atoms with E-state index in [9.17, 15) is 14.4 Å². The van der Waals surface area contributed by atoms with Crippen LogP contribution >= 0.6 is 11.3 Å². The molecule has 1 heterocycles. The third-order valence-corrected chi connectivity index (χ3v) is 4.60. The van der Waals surface area contributed by atoms with Gasteiger partial charge in [0.05, 0.1) is 23.3 Å². The van der Waals surface area contributed by atoms with Gasteiger partial charge >= 0.3 is 6.03 Å². The number of rotatable bonds is 8. The Morgan fingerprint density at radius 1 is 1.29 bits per heavy atom. The zero-order chi connectivity index (χ0) is 18.3. The second-order valence-electron chi connectivity index (χ2n) is 6.07. The predicted octanol–water partition coefficient (Wildman–Crippen LogP) is 1.89. The summed E-state index contributed by atoms with van der Waals surface area (Å²) in [7, 11) is 1.66. The Morgan fingerprint density at radius 3 is 2.46 bits per heavy atom. The maximum atomic E-state index is 12.3. The molecule has 2 N–H and O–H groups in total. The first kappa shape index (κ1) is 20.1. The molecule has 0 aliphatic rings. The average molecular weight is 354 g/mol. The third-order valence-electron chi connectivity index (χ3n) is 3.40. The lowest BCUT2D eigenvalue weighted by Crippen LogP contribution is -2.47. The molecule has 0 radical (unpaired) electrons. The van der Waals surface area contributed by atoms with Crippen molar-refractivity contribution in [1.29, 1.82) is 0 Å². The quantitative estimate of drug-likeness (QED) is 0.746. The Labute approximate surface area is 146 Å². The van der Waals surface area contributed by atoms with Crippen LogP contribution in [0.2, 0.25) is 0 Å². The van der Waals surface area contributed by atoms with Crippen LogP contribution in [0.4, 0.5) is 4.79 Å². The van der Waals surface area contributed by atoms with Crippen molar-refractivity contribution in [1.82, 2.24) is 20.5 Å². The van der Waals surface area contributed by atoms with Crippen LogP contribution in [0.3, 0.4) is 0 Å². The highest BCUT2D eigenvalue weighted by Crippen LogP contribution is 2.19. The monoisotopic (exact) mass is 354 g/mol. The zero-order valence-corrected chi connectivity index (χ0v) is 15.7. The number of hydrogen-bond acceptors (Lipinski definition) is 5. The first-order valence-electron chi connectivity index (χ1n) is 7.91. The van der Waals surface area contributed by atoms with Gasteiger partial charge in [0.1, 0.15) is 0 Å². The lowest BCUT2D eigenvalue weighted by Gasteiger charge is -2.21. The van der Waals surface area contributed by atoms with Crippen LogP contribution in [0, 0.1) is 0 Å². The molecule has 1 atom stereocenters. The lowest BCUT2D eigenvalue weighted by atomic mass is 10.1. The van der Waals surface area contributed by atoms with Crippen LogP contribution in [-0.4, -0.2) is 47.2 Å². The lowest BCUT2D eigenvalue weighted by molar-refractivity contribution is -0.120. The second kappa shape index (κ2) is 9.36. The third kappa shape index (κ3) is 6.66. The summed E-state index contributed by atoms with van der Waals surface area (Å²) in [6.45, 7) is 7.71. The van der Waals surface area contributed by atoms with Crippen molar-refractivity contribution in [3.05, 3.63) is 16.1 Å². The van der Waals surface area contributed by atoms with Gasteiger partial charge in [-0.25, -0.2) is 9.78 Å². The molecule has 3 amide bonds. The van der Waals surface area contributed by atoms with E-state index in [-0.39, 0.29) is 17.7 Å². The number of nitrogens with one attached hydrogen (secondary N) is 2. The van der Waals surface area contributed by atoms with Crippen molar-refractivity contribution in [2.75, 3.05) is 13.6 Å². The van der Waals surface area contributed by atoms with E-state index in [2.05, 4.69) is 29.5 Å². The fraction of sp³-hybridized carbons (Fsp3) is 0.625. The van der Waals surface area contributed by atoms with Crippen LogP contribution < -0.4 is 10.6 Å². The highest BCUT2D eigenvalue weighted by atomic mass is 32.1. The summed E-state index contributed by atoms with van der Waals surface area (Å²) in [6, 6.07) is -0.953. The Balaban J connectivity index is 2.55. The summed E-state index contributed by atoms with van der Waals surface area (Å²) in [6.07, 6.45) is 0.364. The number of carbonyl (C=O) groups is 3. The minimum absolute atomic E-state index is 0.141. The maximum Gasteiger partial charge on any atom is 0.318 e. The number of Topliss-reactive ketones (excluding diaryl/α,β-unsaturated/α-hetero) is 1. The van der Waals surface area contributed by atoms with E-state index in [4.69, 9.17) is 0 Å². The molecule has 134 valence electrons.